The number of hydrogen-bond acceptors (Lipinski definition) is 3. The first-order valence-corrected chi connectivity index (χ1v) is 7.26. The SMILES string of the molecule is CCCCC(NS(=O)(=O)NCC(C)C)C(=O)O. The molecular formula is C10H22N2O4S. The van der Waals surface area contributed by atoms with Crippen LogP contribution in [0.25, 0.3) is 0 Å². The van der Waals surface area contributed by atoms with Crippen molar-refractivity contribution in [2.75, 3.05) is 6.54 Å². The van der Waals surface area contributed by atoms with Gasteiger partial charge in [0.05, 0.1) is 0 Å². The quantitative estimate of drug-likeness (QED) is 0.572. The molecule has 6 nitrogen and oxygen atoms in total. The van der Waals surface area contributed by atoms with Crippen LogP contribution in [-0.4, -0.2) is 32.1 Å². The van der Waals surface area contributed by atoms with Gasteiger partial charge in [0, 0.05) is 6.54 Å². The lowest BCUT2D eigenvalue weighted by molar-refractivity contribution is -0.139. The summed E-state index contributed by atoms with van der Waals surface area (Å²) in [5, 5.41) is 8.89. The van der Waals surface area contributed by atoms with Gasteiger partial charge in [-0.25, -0.2) is 4.72 Å². The molecule has 0 bridgehead atoms. The number of nitrogens with one attached hydrogen (secondary N) is 2. The molecule has 0 saturated heterocycles. The molecule has 0 aromatic rings. The number of carboxylic acids is 1. The number of carbonyl (C=O) groups is 1. The molecule has 0 fully saturated rings. The summed E-state index contributed by atoms with van der Waals surface area (Å²) < 4.78 is 27.5. The Morgan fingerprint density at radius 3 is 2.35 bits per heavy atom. The van der Waals surface area contributed by atoms with Gasteiger partial charge in [0.2, 0.25) is 0 Å². The lowest BCUT2D eigenvalue weighted by atomic mass is 10.1. The first-order valence-electron chi connectivity index (χ1n) is 5.78. The molecule has 7 heteroatoms. The molecular weight excluding hydrogens is 244 g/mol. The first kappa shape index (κ1) is 16.3. The topological polar surface area (TPSA) is 95.5 Å². The van der Waals surface area contributed by atoms with Crippen LogP contribution < -0.4 is 9.44 Å². The minimum Gasteiger partial charge on any atom is -0.480 e. The highest BCUT2D eigenvalue weighted by molar-refractivity contribution is 7.87. The van der Waals surface area contributed by atoms with Crippen LogP contribution in [0, 0.1) is 5.92 Å². The standard InChI is InChI=1S/C10H22N2O4S/c1-4-5-6-9(10(13)14)12-17(15,16)11-7-8(2)3/h8-9,11-12H,4-7H2,1-3H3,(H,13,14). The van der Waals surface area contributed by atoms with Gasteiger partial charge < -0.3 is 5.11 Å². The Bertz CT molecular complexity index is 327. The molecule has 1 atom stereocenters. The van der Waals surface area contributed by atoms with Gasteiger partial charge in [-0.2, -0.15) is 13.1 Å². The van der Waals surface area contributed by atoms with E-state index in [1.165, 1.54) is 0 Å². The fraction of sp³-hybridized carbons (Fsp3) is 0.900. The molecule has 0 amide bonds. The van der Waals surface area contributed by atoms with Crippen molar-refractivity contribution in [2.24, 2.45) is 5.92 Å². The zero-order valence-electron chi connectivity index (χ0n) is 10.6. The normalized spacial score (nSPS) is 13.9. The van der Waals surface area contributed by atoms with E-state index in [4.69, 9.17) is 5.11 Å². The van der Waals surface area contributed by atoms with Gasteiger partial charge in [0.25, 0.3) is 10.2 Å². The van der Waals surface area contributed by atoms with E-state index in [0.717, 1.165) is 6.42 Å². The number of aliphatic carboxylic acids is 1. The van der Waals surface area contributed by atoms with Crippen molar-refractivity contribution in [3.63, 3.8) is 0 Å². The average Bonchev–Trinajstić information content (AvgIpc) is 2.21. The van der Waals surface area contributed by atoms with E-state index >= 15 is 0 Å². The van der Waals surface area contributed by atoms with Gasteiger partial charge in [0.15, 0.2) is 0 Å². The molecule has 0 heterocycles. The van der Waals surface area contributed by atoms with Crippen molar-refractivity contribution in [2.45, 2.75) is 46.1 Å². The van der Waals surface area contributed by atoms with Crippen LogP contribution in [0.3, 0.4) is 0 Å². The molecule has 3 N–H and O–H groups in total. The van der Waals surface area contributed by atoms with Gasteiger partial charge in [-0.1, -0.05) is 33.6 Å². The number of hydrogen-bond donors (Lipinski definition) is 3. The first-order chi connectivity index (χ1) is 7.78. The van der Waals surface area contributed by atoms with E-state index in [9.17, 15) is 13.2 Å². The molecule has 102 valence electrons. The second-order valence-electron chi connectivity index (χ2n) is 4.40. The predicted octanol–water partition coefficient (Wildman–Crippen LogP) is 0.710. The van der Waals surface area contributed by atoms with Crippen LogP contribution in [0.4, 0.5) is 0 Å². The maximum Gasteiger partial charge on any atom is 0.321 e. The smallest absolute Gasteiger partial charge is 0.321 e. The Balaban J connectivity index is 4.37. The van der Waals surface area contributed by atoms with E-state index in [-0.39, 0.29) is 12.5 Å². The largest absolute Gasteiger partial charge is 0.480 e. The highest BCUT2D eigenvalue weighted by Gasteiger charge is 2.23. The maximum atomic E-state index is 11.5. The molecule has 0 rings (SSSR count). The monoisotopic (exact) mass is 266 g/mol. The maximum absolute atomic E-state index is 11.5. The Hall–Kier alpha value is -0.660. The summed E-state index contributed by atoms with van der Waals surface area (Å²) >= 11 is 0. The van der Waals surface area contributed by atoms with Crippen molar-refractivity contribution in [1.29, 1.82) is 0 Å². The molecule has 0 saturated carbocycles. The highest BCUT2D eigenvalue weighted by atomic mass is 32.2. The van der Waals surface area contributed by atoms with Gasteiger partial charge in [-0.15, -0.1) is 0 Å². The zero-order chi connectivity index (χ0) is 13.5. The lowest BCUT2D eigenvalue weighted by Crippen LogP contribution is -2.47. The Morgan fingerprint density at radius 1 is 1.35 bits per heavy atom. The minimum absolute atomic E-state index is 0.172. The van der Waals surface area contributed by atoms with Crippen molar-refractivity contribution >= 4 is 16.2 Å². The number of rotatable bonds is 9. The van der Waals surface area contributed by atoms with Crippen LogP contribution in [0.15, 0.2) is 0 Å². The lowest BCUT2D eigenvalue weighted by Gasteiger charge is -2.15. The molecule has 0 aliphatic carbocycles. The predicted molar refractivity (Wildman–Crippen MR) is 65.8 cm³/mol. The summed E-state index contributed by atoms with van der Waals surface area (Å²) in [6, 6.07) is -1.06. The fourth-order valence-corrected chi connectivity index (χ4v) is 2.38. The van der Waals surface area contributed by atoms with E-state index in [1.807, 2.05) is 20.8 Å². The average molecular weight is 266 g/mol. The summed E-state index contributed by atoms with van der Waals surface area (Å²) in [5.41, 5.74) is 0. The van der Waals surface area contributed by atoms with Crippen LogP contribution in [0.5, 0.6) is 0 Å². The Labute approximate surface area is 103 Å². The van der Waals surface area contributed by atoms with Gasteiger partial charge in [-0.05, 0) is 12.3 Å². The summed E-state index contributed by atoms with van der Waals surface area (Å²) in [4.78, 5) is 10.9. The summed E-state index contributed by atoms with van der Waals surface area (Å²) in [7, 11) is -3.73. The number of carboxylic acid groups (broad SMARTS) is 1. The molecule has 0 aromatic carbocycles. The molecule has 0 aromatic heterocycles. The molecule has 0 radical (unpaired) electrons. The van der Waals surface area contributed by atoms with Gasteiger partial charge in [0.1, 0.15) is 6.04 Å². The van der Waals surface area contributed by atoms with Crippen molar-refractivity contribution in [3.8, 4) is 0 Å². The van der Waals surface area contributed by atoms with E-state index in [0.29, 0.717) is 12.8 Å². The van der Waals surface area contributed by atoms with Crippen LogP contribution >= 0.6 is 0 Å². The number of unbranched alkanes of at least 4 members (excludes halogenated alkanes) is 1. The second kappa shape index (κ2) is 7.62. The van der Waals surface area contributed by atoms with E-state index in [1.54, 1.807) is 0 Å². The van der Waals surface area contributed by atoms with Crippen LogP contribution in [0.1, 0.15) is 40.0 Å². The molecule has 0 aliphatic rings. The van der Waals surface area contributed by atoms with Crippen molar-refractivity contribution in [3.05, 3.63) is 0 Å². The Kier molecular flexibility index (Phi) is 7.33. The zero-order valence-corrected chi connectivity index (χ0v) is 11.4. The van der Waals surface area contributed by atoms with Gasteiger partial charge in [-0.3, -0.25) is 4.79 Å². The van der Waals surface area contributed by atoms with Crippen molar-refractivity contribution in [1.82, 2.24) is 9.44 Å². The molecule has 17 heavy (non-hydrogen) atoms. The molecule has 1 unspecified atom stereocenters. The van der Waals surface area contributed by atoms with Crippen molar-refractivity contribution < 1.29 is 18.3 Å². The fourth-order valence-electron chi connectivity index (χ4n) is 1.15. The van der Waals surface area contributed by atoms with Crippen LogP contribution in [-0.2, 0) is 15.0 Å². The third-order valence-corrected chi connectivity index (χ3v) is 3.26. The van der Waals surface area contributed by atoms with Gasteiger partial charge >= 0.3 is 5.97 Å². The van der Waals surface area contributed by atoms with Crippen LogP contribution in [0.2, 0.25) is 0 Å². The Morgan fingerprint density at radius 2 is 1.94 bits per heavy atom. The third-order valence-electron chi connectivity index (χ3n) is 2.12. The molecule has 0 spiro atoms. The minimum atomic E-state index is -3.73. The summed E-state index contributed by atoms with van der Waals surface area (Å²) in [5.74, 6) is -0.973. The second-order valence-corrected chi connectivity index (χ2v) is 5.93. The summed E-state index contributed by atoms with van der Waals surface area (Å²) in [6.07, 6.45) is 1.79. The third kappa shape index (κ3) is 8.12. The summed E-state index contributed by atoms with van der Waals surface area (Å²) in [6.45, 7) is 5.95. The highest BCUT2D eigenvalue weighted by Crippen LogP contribution is 2.02. The van der Waals surface area contributed by atoms with E-state index in [2.05, 4.69) is 9.44 Å². The van der Waals surface area contributed by atoms with E-state index < -0.39 is 22.2 Å². The molecule has 0 aliphatic heterocycles.